The van der Waals surface area contributed by atoms with Gasteiger partial charge < -0.3 is 9.64 Å². The van der Waals surface area contributed by atoms with Crippen LogP contribution in [0.4, 0.5) is 0 Å². The zero-order valence-corrected chi connectivity index (χ0v) is 11.7. The fourth-order valence-electron chi connectivity index (χ4n) is 2.40. The van der Waals surface area contributed by atoms with E-state index in [1.165, 1.54) is 5.56 Å². The zero-order valence-electron chi connectivity index (χ0n) is 11.7. The number of benzene rings is 1. The molecule has 0 fully saturated rings. The van der Waals surface area contributed by atoms with Gasteiger partial charge in [-0.25, -0.2) is 0 Å². The van der Waals surface area contributed by atoms with Crippen LogP contribution in [0.3, 0.4) is 0 Å². The normalized spacial score (nSPS) is 16.6. The monoisotopic (exact) mass is 249 g/mol. The lowest BCUT2D eigenvalue weighted by Crippen LogP contribution is -2.51. The third-order valence-electron chi connectivity index (χ3n) is 4.08. The van der Waals surface area contributed by atoms with Gasteiger partial charge in [-0.3, -0.25) is 11.3 Å². The molecular weight excluding hydrogens is 226 g/mol. The van der Waals surface area contributed by atoms with Crippen LogP contribution in [0.25, 0.3) is 0 Å². The molecule has 1 unspecified atom stereocenters. The van der Waals surface area contributed by atoms with Crippen LogP contribution < -0.4 is 16.0 Å². The molecule has 1 atom stereocenters. The second kappa shape index (κ2) is 4.88. The predicted molar refractivity (Wildman–Crippen MR) is 73.5 cm³/mol. The van der Waals surface area contributed by atoms with E-state index in [0.717, 1.165) is 24.3 Å². The standard InChI is InChI=1S/C14H23N3O/c1-14(2,17(3)4)13(16-15)11-7-5-6-10-8-9-18-12(10)11/h5-7,13,16H,8-9,15H2,1-4H3. The minimum absolute atomic E-state index is 0.0283. The number of hydrazine groups is 1. The fraction of sp³-hybridized carbons (Fsp3) is 0.571. The first-order chi connectivity index (χ1) is 8.48. The van der Waals surface area contributed by atoms with Gasteiger partial charge in [0, 0.05) is 17.5 Å². The van der Waals surface area contributed by atoms with Crippen molar-refractivity contribution in [3.05, 3.63) is 29.3 Å². The number of nitrogens with one attached hydrogen (secondary N) is 1. The van der Waals surface area contributed by atoms with Gasteiger partial charge in [0.15, 0.2) is 0 Å². The Labute approximate surface area is 109 Å². The number of fused-ring (bicyclic) bond motifs is 1. The largest absolute Gasteiger partial charge is 0.493 e. The first-order valence-electron chi connectivity index (χ1n) is 6.36. The minimum Gasteiger partial charge on any atom is -0.493 e. The molecule has 0 saturated heterocycles. The summed E-state index contributed by atoms with van der Waals surface area (Å²) in [6.07, 6.45) is 0.989. The average molecular weight is 249 g/mol. The molecule has 1 aliphatic rings. The molecule has 4 nitrogen and oxygen atoms in total. The maximum atomic E-state index is 5.79. The molecule has 0 spiro atoms. The molecule has 3 N–H and O–H groups in total. The Morgan fingerprint density at radius 3 is 2.72 bits per heavy atom. The van der Waals surface area contributed by atoms with Crippen molar-refractivity contribution in [2.45, 2.75) is 31.8 Å². The van der Waals surface area contributed by atoms with Gasteiger partial charge in [-0.05, 0) is 33.5 Å². The van der Waals surface area contributed by atoms with Crippen molar-refractivity contribution < 1.29 is 4.74 Å². The molecule has 0 saturated carbocycles. The highest BCUT2D eigenvalue weighted by molar-refractivity contribution is 5.46. The molecule has 1 heterocycles. The first kappa shape index (κ1) is 13.3. The minimum atomic E-state index is -0.101. The van der Waals surface area contributed by atoms with Crippen molar-refractivity contribution in [1.29, 1.82) is 0 Å². The van der Waals surface area contributed by atoms with E-state index in [2.05, 4.69) is 56.5 Å². The highest BCUT2D eigenvalue weighted by Crippen LogP contribution is 2.38. The molecule has 0 aromatic heterocycles. The molecule has 18 heavy (non-hydrogen) atoms. The van der Waals surface area contributed by atoms with Crippen LogP contribution in [0, 0.1) is 0 Å². The number of nitrogens with zero attached hydrogens (tertiary/aromatic N) is 1. The van der Waals surface area contributed by atoms with E-state index >= 15 is 0 Å². The molecule has 0 amide bonds. The summed E-state index contributed by atoms with van der Waals surface area (Å²) in [5, 5.41) is 0. The van der Waals surface area contributed by atoms with Gasteiger partial charge in [0.05, 0.1) is 12.6 Å². The van der Waals surface area contributed by atoms with E-state index < -0.39 is 0 Å². The highest BCUT2D eigenvalue weighted by Gasteiger charge is 2.35. The molecule has 1 aromatic rings. The van der Waals surface area contributed by atoms with Gasteiger partial charge in [0.25, 0.3) is 0 Å². The molecule has 0 aliphatic carbocycles. The number of para-hydroxylation sites is 1. The van der Waals surface area contributed by atoms with Crippen molar-refractivity contribution in [3.63, 3.8) is 0 Å². The second-order valence-electron chi connectivity index (χ2n) is 5.58. The van der Waals surface area contributed by atoms with E-state index in [9.17, 15) is 0 Å². The van der Waals surface area contributed by atoms with E-state index in [1.807, 2.05) is 0 Å². The zero-order chi connectivity index (χ0) is 13.3. The van der Waals surface area contributed by atoms with Crippen LogP contribution >= 0.6 is 0 Å². The van der Waals surface area contributed by atoms with Crippen molar-refractivity contribution in [3.8, 4) is 5.75 Å². The van der Waals surface area contributed by atoms with Crippen molar-refractivity contribution in [2.75, 3.05) is 20.7 Å². The predicted octanol–water partition coefficient (Wildman–Crippen LogP) is 1.47. The van der Waals surface area contributed by atoms with Gasteiger partial charge in [0.2, 0.25) is 0 Å². The Morgan fingerprint density at radius 1 is 1.39 bits per heavy atom. The van der Waals surface area contributed by atoms with Gasteiger partial charge in [-0.2, -0.15) is 0 Å². The Hall–Kier alpha value is -1.10. The molecule has 1 aromatic carbocycles. The molecule has 0 bridgehead atoms. The van der Waals surface area contributed by atoms with Crippen molar-refractivity contribution in [2.24, 2.45) is 5.84 Å². The molecular formula is C14H23N3O. The lowest BCUT2D eigenvalue weighted by molar-refractivity contribution is 0.136. The molecule has 0 radical (unpaired) electrons. The first-order valence-corrected chi connectivity index (χ1v) is 6.36. The summed E-state index contributed by atoms with van der Waals surface area (Å²) in [5.41, 5.74) is 5.27. The van der Waals surface area contributed by atoms with Crippen molar-refractivity contribution in [1.82, 2.24) is 10.3 Å². The lowest BCUT2D eigenvalue weighted by atomic mass is 9.86. The third kappa shape index (κ3) is 2.11. The highest BCUT2D eigenvalue weighted by atomic mass is 16.5. The molecule has 4 heteroatoms. The maximum Gasteiger partial charge on any atom is 0.127 e. The number of nitrogens with two attached hydrogens (primary N) is 1. The van der Waals surface area contributed by atoms with Crippen LogP contribution in [0.5, 0.6) is 5.75 Å². The second-order valence-corrected chi connectivity index (χ2v) is 5.58. The quantitative estimate of drug-likeness (QED) is 0.626. The van der Waals surface area contributed by atoms with Gasteiger partial charge in [-0.1, -0.05) is 18.2 Å². The lowest BCUT2D eigenvalue weighted by Gasteiger charge is -2.40. The summed E-state index contributed by atoms with van der Waals surface area (Å²) in [6, 6.07) is 6.33. The number of likely N-dealkylation sites (N-methyl/N-ethyl adjacent to an activating group) is 1. The van der Waals surface area contributed by atoms with E-state index in [0.29, 0.717) is 0 Å². The summed E-state index contributed by atoms with van der Waals surface area (Å²) in [4.78, 5) is 2.17. The summed E-state index contributed by atoms with van der Waals surface area (Å²) in [6.45, 7) is 5.11. The number of rotatable bonds is 4. The van der Waals surface area contributed by atoms with Crippen LogP contribution in [-0.4, -0.2) is 31.1 Å². The summed E-state index contributed by atoms with van der Waals surface area (Å²) in [5.74, 6) is 6.80. The smallest absolute Gasteiger partial charge is 0.127 e. The third-order valence-corrected chi connectivity index (χ3v) is 4.08. The number of ether oxygens (including phenoxy) is 1. The van der Waals surface area contributed by atoms with Gasteiger partial charge >= 0.3 is 0 Å². The topological polar surface area (TPSA) is 50.5 Å². The molecule has 2 rings (SSSR count). The van der Waals surface area contributed by atoms with Gasteiger partial charge in [0.1, 0.15) is 5.75 Å². The Kier molecular flexibility index (Phi) is 3.61. The van der Waals surface area contributed by atoms with Crippen LogP contribution in [0.2, 0.25) is 0 Å². The summed E-state index contributed by atoms with van der Waals surface area (Å²) in [7, 11) is 4.13. The number of hydrogen-bond donors (Lipinski definition) is 2. The Balaban J connectivity index is 2.43. The summed E-state index contributed by atoms with van der Waals surface area (Å²) < 4.78 is 5.77. The van der Waals surface area contributed by atoms with E-state index in [4.69, 9.17) is 10.6 Å². The maximum absolute atomic E-state index is 5.79. The van der Waals surface area contributed by atoms with Crippen LogP contribution in [0.15, 0.2) is 18.2 Å². The van der Waals surface area contributed by atoms with Crippen LogP contribution in [-0.2, 0) is 6.42 Å². The molecule has 1 aliphatic heterocycles. The van der Waals surface area contributed by atoms with Gasteiger partial charge in [-0.15, -0.1) is 0 Å². The van der Waals surface area contributed by atoms with E-state index in [-0.39, 0.29) is 11.6 Å². The molecule has 100 valence electrons. The Morgan fingerprint density at radius 2 is 2.11 bits per heavy atom. The average Bonchev–Trinajstić information content (AvgIpc) is 2.78. The fourth-order valence-corrected chi connectivity index (χ4v) is 2.40. The SMILES string of the molecule is CN(C)C(C)(C)C(NN)c1cccc2c1OCC2. The number of hydrogen-bond acceptors (Lipinski definition) is 4. The van der Waals surface area contributed by atoms with Crippen molar-refractivity contribution >= 4 is 0 Å². The Bertz CT molecular complexity index is 429. The van der Waals surface area contributed by atoms with E-state index in [1.54, 1.807) is 0 Å². The van der Waals surface area contributed by atoms with Crippen LogP contribution in [0.1, 0.15) is 31.0 Å². The summed E-state index contributed by atoms with van der Waals surface area (Å²) >= 11 is 0.